The minimum Gasteiger partial charge on any atom is -0.494 e. The molecule has 0 atom stereocenters. The molecule has 0 bridgehead atoms. The summed E-state index contributed by atoms with van der Waals surface area (Å²) in [5.41, 5.74) is 7.63. The molecular weight excluding hydrogens is 412 g/mol. The predicted molar refractivity (Wildman–Crippen MR) is 129 cm³/mol. The summed E-state index contributed by atoms with van der Waals surface area (Å²) in [6.07, 6.45) is 11.5. The number of unbranched alkanes of at least 4 members (excludes halogenated alkanes) is 1. The zero-order chi connectivity index (χ0) is 22.6. The van der Waals surface area contributed by atoms with E-state index in [1.54, 1.807) is 6.20 Å². The molecular formula is C27H30N4O2. The summed E-state index contributed by atoms with van der Waals surface area (Å²) in [6, 6.07) is 11.9. The van der Waals surface area contributed by atoms with Crippen LogP contribution in [0.25, 0.3) is 5.82 Å². The summed E-state index contributed by atoms with van der Waals surface area (Å²) in [5.74, 6) is 1.78. The zero-order valence-corrected chi connectivity index (χ0v) is 19.1. The average molecular weight is 443 g/mol. The molecule has 3 heterocycles. The molecule has 1 aromatic carbocycles. The second-order valence-corrected chi connectivity index (χ2v) is 8.97. The molecule has 6 heteroatoms. The Morgan fingerprint density at radius 2 is 2.00 bits per heavy atom. The van der Waals surface area contributed by atoms with Crippen molar-refractivity contribution in [2.24, 2.45) is 0 Å². The van der Waals surface area contributed by atoms with Crippen LogP contribution in [-0.2, 0) is 24.1 Å². The molecule has 5 rings (SSSR count). The number of benzene rings is 1. The molecule has 1 aliphatic heterocycles. The number of rotatable bonds is 7. The smallest absolute Gasteiger partial charge is 0.224 e. The first kappa shape index (κ1) is 21.4. The summed E-state index contributed by atoms with van der Waals surface area (Å²) in [7, 11) is 0. The Morgan fingerprint density at radius 1 is 1.06 bits per heavy atom. The van der Waals surface area contributed by atoms with Crippen molar-refractivity contribution in [3.63, 3.8) is 0 Å². The van der Waals surface area contributed by atoms with E-state index in [1.807, 2.05) is 35.0 Å². The molecule has 2 aromatic heterocycles. The maximum atomic E-state index is 11.6. The van der Waals surface area contributed by atoms with Crippen LogP contribution in [0.5, 0.6) is 5.75 Å². The van der Waals surface area contributed by atoms with E-state index >= 15 is 0 Å². The van der Waals surface area contributed by atoms with E-state index in [9.17, 15) is 4.79 Å². The minimum atomic E-state index is 0.0837. The van der Waals surface area contributed by atoms with Gasteiger partial charge in [0.25, 0.3) is 0 Å². The third-order valence-electron chi connectivity index (χ3n) is 6.62. The number of allylic oxidation sites excluding steroid dienone is 2. The number of fused-ring (bicyclic) bond motifs is 2. The van der Waals surface area contributed by atoms with Crippen molar-refractivity contribution in [3.05, 3.63) is 76.8 Å². The molecule has 33 heavy (non-hydrogen) atoms. The summed E-state index contributed by atoms with van der Waals surface area (Å²) >= 11 is 0. The lowest BCUT2D eigenvalue weighted by Gasteiger charge is -2.17. The van der Waals surface area contributed by atoms with Crippen LogP contribution in [0.4, 0.5) is 5.69 Å². The molecule has 0 spiro atoms. The van der Waals surface area contributed by atoms with E-state index in [0.717, 1.165) is 62.2 Å². The van der Waals surface area contributed by atoms with Crippen molar-refractivity contribution in [2.45, 2.75) is 58.3 Å². The second kappa shape index (κ2) is 9.61. The molecule has 0 saturated heterocycles. The van der Waals surface area contributed by atoms with Gasteiger partial charge in [0.1, 0.15) is 5.75 Å². The number of pyridine rings is 1. The van der Waals surface area contributed by atoms with Crippen molar-refractivity contribution in [1.29, 1.82) is 0 Å². The minimum absolute atomic E-state index is 0.0837. The number of aryl methyl sites for hydroxylation is 2. The highest BCUT2D eigenvalue weighted by Crippen LogP contribution is 2.29. The van der Waals surface area contributed by atoms with Crippen molar-refractivity contribution >= 4 is 11.6 Å². The van der Waals surface area contributed by atoms with Crippen LogP contribution in [0.1, 0.15) is 55.8 Å². The largest absolute Gasteiger partial charge is 0.494 e. The maximum Gasteiger partial charge on any atom is 0.224 e. The van der Waals surface area contributed by atoms with Crippen molar-refractivity contribution < 1.29 is 9.53 Å². The molecule has 0 saturated carbocycles. The maximum absolute atomic E-state index is 11.6. The Labute approximate surface area is 194 Å². The number of amides is 1. The van der Waals surface area contributed by atoms with Gasteiger partial charge in [-0.1, -0.05) is 23.3 Å². The predicted octanol–water partition coefficient (Wildman–Crippen LogP) is 5.21. The van der Waals surface area contributed by atoms with Gasteiger partial charge in [-0.15, -0.1) is 0 Å². The molecule has 1 aliphatic carbocycles. The number of carbonyl (C=O) groups is 1. The van der Waals surface area contributed by atoms with Gasteiger partial charge >= 0.3 is 0 Å². The number of carbonyl (C=O) groups excluding carboxylic acids is 1. The standard InChI is InChI=1S/C27H30N4O2/c1-19-8-12-24-22(18-31(30-24)26-7-2-4-14-28-26)16-21(19)6-3-5-15-33-23-11-9-20-10-13-27(32)29-25(20)17-23/h2,4,7,9,11,14,17-18H,3,5-6,8,10,12-13,15-16H2,1H3,(H,29,32). The van der Waals surface area contributed by atoms with E-state index in [0.29, 0.717) is 13.0 Å². The number of ether oxygens (including phenoxy) is 1. The number of nitrogens with zero attached hydrogens (tertiary/aromatic N) is 3. The monoisotopic (exact) mass is 442 g/mol. The first-order chi connectivity index (χ1) is 16.2. The van der Waals surface area contributed by atoms with Crippen molar-refractivity contribution in [1.82, 2.24) is 14.8 Å². The number of aromatic nitrogens is 3. The lowest BCUT2D eigenvalue weighted by atomic mass is 9.98. The molecule has 170 valence electrons. The topological polar surface area (TPSA) is 69.0 Å². The Bertz CT molecular complexity index is 1180. The lowest BCUT2D eigenvalue weighted by Crippen LogP contribution is -2.18. The summed E-state index contributed by atoms with van der Waals surface area (Å²) < 4.78 is 7.88. The third kappa shape index (κ3) is 5.00. The normalized spacial score (nSPS) is 15.5. The van der Waals surface area contributed by atoms with Gasteiger partial charge in [-0.25, -0.2) is 9.67 Å². The Balaban J connectivity index is 1.14. The first-order valence-electron chi connectivity index (χ1n) is 11.9. The van der Waals surface area contributed by atoms with E-state index in [4.69, 9.17) is 9.84 Å². The van der Waals surface area contributed by atoms with Crippen LogP contribution in [0.3, 0.4) is 0 Å². The molecule has 0 unspecified atom stereocenters. The molecule has 6 nitrogen and oxygen atoms in total. The Hall–Kier alpha value is -3.41. The van der Waals surface area contributed by atoms with Crippen LogP contribution >= 0.6 is 0 Å². The van der Waals surface area contributed by atoms with Gasteiger partial charge in [-0.3, -0.25) is 4.79 Å². The van der Waals surface area contributed by atoms with Gasteiger partial charge in [0.15, 0.2) is 5.82 Å². The quantitative estimate of drug-likeness (QED) is 0.403. The van der Waals surface area contributed by atoms with Gasteiger partial charge in [-0.2, -0.15) is 5.10 Å². The lowest BCUT2D eigenvalue weighted by molar-refractivity contribution is -0.116. The molecule has 0 radical (unpaired) electrons. The van der Waals surface area contributed by atoms with Crippen LogP contribution < -0.4 is 10.1 Å². The molecule has 1 amide bonds. The fourth-order valence-corrected chi connectivity index (χ4v) is 4.65. The van der Waals surface area contributed by atoms with Gasteiger partial charge < -0.3 is 10.1 Å². The van der Waals surface area contributed by atoms with Crippen LogP contribution in [0, 0.1) is 0 Å². The van der Waals surface area contributed by atoms with Gasteiger partial charge in [0.05, 0.1) is 12.3 Å². The molecule has 1 N–H and O–H groups in total. The molecule has 3 aromatic rings. The van der Waals surface area contributed by atoms with Crippen molar-refractivity contribution in [3.8, 4) is 11.6 Å². The third-order valence-corrected chi connectivity index (χ3v) is 6.62. The highest BCUT2D eigenvalue weighted by molar-refractivity contribution is 5.94. The summed E-state index contributed by atoms with van der Waals surface area (Å²) in [5, 5.41) is 7.75. The highest BCUT2D eigenvalue weighted by Gasteiger charge is 2.18. The van der Waals surface area contributed by atoms with Gasteiger partial charge in [0, 0.05) is 30.6 Å². The van der Waals surface area contributed by atoms with E-state index < -0.39 is 0 Å². The Kier molecular flexibility index (Phi) is 6.24. The SMILES string of the molecule is CC1=C(CCCCOc2ccc3c(c2)NC(=O)CC3)Cc2cn(-c3ccccn3)nc2CC1. The second-order valence-electron chi connectivity index (χ2n) is 8.97. The average Bonchev–Trinajstić information content (AvgIpc) is 3.18. The fourth-order valence-electron chi connectivity index (χ4n) is 4.65. The van der Waals surface area contributed by atoms with Crippen LogP contribution in [-0.4, -0.2) is 27.3 Å². The summed E-state index contributed by atoms with van der Waals surface area (Å²) in [6.45, 7) is 2.95. The number of anilines is 1. The van der Waals surface area contributed by atoms with Gasteiger partial charge in [-0.05, 0) is 81.2 Å². The highest BCUT2D eigenvalue weighted by atomic mass is 16.5. The Morgan fingerprint density at radius 3 is 2.88 bits per heavy atom. The van der Waals surface area contributed by atoms with Gasteiger partial charge in [0.2, 0.25) is 5.91 Å². The number of hydrogen-bond donors (Lipinski definition) is 1. The molecule has 0 fully saturated rings. The van der Waals surface area contributed by atoms with Crippen LogP contribution in [0.2, 0.25) is 0 Å². The summed E-state index contributed by atoms with van der Waals surface area (Å²) in [4.78, 5) is 16.0. The first-order valence-corrected chi connectivity index (χ1v) is 11.9. The molecule has 2 aliphatic rings. The van der Waals surface area contributed by atoms with E-state index in [1.165, 1.54) is 28.0 Å². The van der Waals surface area contributed by atoms with Crippen LogP contribution in [0.15, 0.2) is 59.9 Å². The fraction of sp³-hybridized carbons (Fsp3) is 0.370. The number of nitrogens with one attached hydrogen (secondary N) is 1. The van der Waals surface area contributed by atoms with Crippen molar-refractivity contribution in [2.75, 3.05) is 11.9 Å². The van der Waals surface area contributed by atoms with E-state index in [2.05, 4.69) is 29.5 Å². The zero-order valence-electron chi connectivity index (χ0n) is 19.1. The van der Waals surface area contributed by atoms with E-state index in [-0.39, 0.29) is 5.91 Å². The number of hydrogen-bond acceptors (Lipinski definition) is 4.